The number of fused-ring (bicyclic) bond motifs is 2. The maximum Gasteiger partial charge on any atom is 0.262 e. The summed E-state index contributed by atoms with van der Waals surface area (Å²) >= 11 is 1.34. The summed E-state index contributed by atoms with van der Waals surface area (Å²) in [4.78, 5) is 33.1. The summed E-state index contributed by atoms with van der Waals surface area (Å²) in [5.41, 5.74) is 3.05. The number of nitrogens with zero attached hydrogens (tertiary/aromatic N) is 3. The van der Waals surface area contributed by atoms with Crippen molar-refractivity contribution in [3.8, 4) is 0 Å². The quantitative estimate of drug-likeness (QED) is 0.435. The molecule has 0 fully saturated rings. The Balaban J connectivity index is 1.62. The van der Waals surface area contributed by atoms with Crippen molar-refractivity contribution in [3.05, 3.63) is 70.0 Å². The van der Waals surface area contributed by atoms with Crippen LogP contribution in [0.1, 0.15) is 31.0 Å². The molecule has 2 heterocycles. The van der Waals surface area contributed by atoms with Crippen molar-refractivity contribution in [1.29, 1.82) is 0 Å². The summed E-state index contributed by atoms with van der Waals surface area (Å²) in [6, 6.07) is 15.4. The highest BCUT2D eigenvalue weighted by Gasteiger charge is 2.27. The predicted molar refractivity (Wildman–Crippen MR) is 123 cm³/mol. The van der Waals surface area contributed by atoms with E-state index in [0.29, 0.717) is 35.8 Å². The molecule has 0 aliphatic carbocycles. The molecule has 162 valence electrons. The van der Waals surface area contributed by atoms with Gasteiger partial charge in [-0.15, -0.1) is 0 Å². The number of para-hydroxylation sites is 1. The minimum absolute atomic E-state index is 0.0628. The first-order valence-corrected chi connectivity index (χ1v) is 11.4. The van der Waals surface area contributed by atoms with Crippen LogP contribution in [0.5, 0.6) is 0 Å². The van der Waals surface area contributed by atoms with Gasteiger partial charge in [0.2, 0.25) is 5.91 Å². The Kier molecular flexibility index (Phi) is 6.43. The first-order valence-electron chi connectivity index (χ1n) is 10.5. The van der Waals surface area contributed by atoms with E-state index in [4.69, 9.17) is 9.72 Å². The number of thioether (sulfide) groups is 1. The molecule has 0 saturated heterocycles. The molecule has 0 N–H and O–H groups in total. The van der Waals surface area contributed by atoms with E-state index in [2.05, 4.69) is 12.1 Å². The van der Waals surface area contributed by atoms with Crippen LogP contribution in [0, 0.1) is 0 Å². The number of carbonyl (C=O) groups is 1. The van der Waals surface area contributed by atoms with Gasteiger partial charge in [0.25, 0.3) is 5.56 Å². The lowest BCUT2D eigenvalue weighted by molar-refractivity contribution is -0.131. The third-order valence-corrected chi connectivity index (χ3v) is 6.75. The molecule has 2 unspecified atom stereocenters. The van der Waals surface area contributed by atoms with Crippen LogP contribution >= 0.6 is 11.8 Å². The largest absolute Gasteiger partial charge is 0.383 e. The fourth-order valence-corrected chi connectivity index (χ4v) is 5.16. The molecule has 31 heavy (non-hydrogen) atoms. The summed E-state index contributed by atoms with van der Waals surface area (Å²) < 4.78 is 6.95. The van der Waals surface area contributed by atoms with Gasteiger partial charge in [0.05, 0.1) is 28.8 Å². The first kappa shape index (κ1) is 21.6. The summed E-state index contributed by atoms with van der Waals surface area (Å²) in [6.45, 7) is 5.54. The average molecular weight is 438 g/mol. The number of carbonyl (C=O) groups excluding carboxylic acids is 1. The molecule has 7 heteroatoms. The zero-order valence-corrected chi connectivity index (χ0v) is 18.9. The van der Waals surface area contributed by atoms with Gasteiger partial charge < -0.3 is 9.64 Å². The molecule has 0 radical (unpaired) electrons. The highest BCUT2D eigenvalue weighted by atomic mass is 32.2. The van der Waals surface area contributed by atoms with E-state index in [1.807, 2.05) is 49.1 Å². The number of hydrogen-bond acceptors (Lipinski definition) is 5. The van der Waals surface area contributed by atoms with Gasteiger partial charge in [-0.1, -0.05) is 48.2 Å². The Hall–Kier alpha value is -2.64. The highest BCUT2D eigenvalue weighted by molar-refractivity contribution is 8.00. The van der Waals surface area contributed by atoms with Gasteiger partial charge >= 0.3 is 0 Å². The SMILES string of the molecule is COCC(C)n1c(SC(C)C(=O)N2CCc3ccccc3C2)nc2ccccc2c1=O. The summed E-state index contributed by atoms with van der Waals surface area (Å²) in [5.74, 6) is 0.0628. The topological polar surface area (TPSA) is 64.4 Å². The van der Waals surface area contributed by atoms with Gasteiger partial charge in [-0.3, -0.25) is 14.2 Å². The second-order valence-corrected chi connectivity index (χ2v) is 9.24. The Morgan fingerprint density at radius 1 is 1.13 bits per heavy atom. The standard InChI is InChI=1S/C24H27N3O3S/c1-16(15-30-3)27-23(29)20-10-6-7-11-21(20)25-24(27)31-17(2)22(28)26-13-12-18-8-4-5-9-19(18)14-26/h4-11,16-17H,12-15H2,1-3H3. The lowest BCUT2D eigenvalue weighted by atomic mass is 10.00. The molecule has 1 aliphatic heterocycles. The molecule has 2 atom stereocenters. The molecule has 0 spiro atoms. The maximum atomic E-state index is 13.2. The van der Waals surface area contributed by atoms with E-state index in [0.717, 1.165) is 6.42 Å². The van der Waals surface area contributed by atoms with Gasteiger partial charge in [-0.25, -0.2) is 4.98 Å². The second kappa shape index (κ2) is 9.24. The van der Waals surface area contributed by atoms with Crippen molar-refractivity contribution in [3.63, 3.8) is 0 Å². The number of ether oxygens (including phenoxy) is 1. The molecule has 0 saturated carbocycles. The fourth-order valence-electron chi connectivity index (χ4n) is 4.06. The lowest BCUT2D eigenvalue weighted by Gasteiger charge is -2.31. The monoisotopic (exact) mass is 437 g/mol. The minimum atomic E-state index is -0.362. The van der Waals surface area contributed by atoms with Gasteiger partial charge in [0.1, 0.15) is 0 Å². The average Bonchev–Trinajstić information content (AvgIpc) is 2.78. The summed E-state index contributed by atoms with van der Waals surface area (Å²) in [5, 5.41) is 0.757. The fraction of sp³-hybridized carbons (Fsp3) is 0.375. The molecule has 1 aromatic heterocycles. The molecule has 3 aromatic rings. The number of amides is 1. The van der Waals surface area contributed by atoms with Gasteiger partial charge in [0, 0.05) is 20.2 Å². The summed E-state index contributed by atoms with van der Waals surface area (Å²) in [7, 11) is 1.61. The Labute approximate surface area is 186 Å². The number of hydrogen-bond donors (Lipinski definition) is 0. The molecular formula is C24H27N3O3S. The third-order valence-electron chi connectivity index (χ3n) is 5.70. The summed E-state index contributed by atoms with van der Waals surface area (Å²) in [6.07, 6.45) is 0.864. The zero-order valence-electron chi connectivity index (χ0n) is 18.1. The molecule has 1 aliphatic rings. The third kappa shape index (κ3) is 4.38. The Morgan fingerprint density at radius 3 is 2.61 bits per heavy atom. The van der Waals surface area contributed by atoms with Crippen molar-refractivity contribution in [2.24, 2.45) is 0 Å². The van der Waals surface area contributed by atoms with E-state index in [-0.39, 0.29) is 22.8 Å². The van der Waals surface area contributed by atoms with Crippen LogP contribution in [-0.4, -0.2) is 45.9 Å². The number of aromatic nitrogens is 2. The molecule has 1 amide bonds. The smallest absolute Gasteiger partial charge is 0.262 e. The van der Waals surface area contributed by atoms with E-state index in [1.54, 1.807) is 17.7 Å². The van der Waals surface area contributed by atoms with Gasteiger partial charge in [0.15, 0.2) is 5.16 Å². The Morgan fingerprint density at radius 2 is 1.84 bits per heavy atom. The van der Waals surface area contributed by atoms with Crippen LogP contribution in [-0.2, 0) is 22.5 Å². The minimum Gasteiger partial charge on any atom is -0.383 e. The van der Waals surface area contributed by atoms with Gasteiger partial charge in [-0.05, 0) is 43.5 Å². The van der Waals surface area contributed by atoms with E-state index in [1.165, 1.54) is 22.9 Å². The molecule has 6 nitrogen and oxygen atoms in total. The predicted octanol–water partition coefficient (Wildman–Crippen LogP) is 3.67. The second-order valence-electron chi connectivity index (χ2n) is 7.93. The van der Waals surface area contributed by atoms with Crippen LogP contribution < -0.4 is 5.56 Å². The zero-order chi connectivity index (χ0) is 22.0. The lowest BCUT2D eigenvalue weighted by Crippen LogP contribution is -2.40. The maximum absolute atomic E-state index is 13.2. The van der Waals surface area contributed by atoms with Crippen molar-refractivity contribution in [2.75, 3.05) is 20.3 Å². The number of rotatable bonds is 6. The highest BCUT2D eigenvalue weighted by Crippen LogP contribution is 2.28. The molecule has 2 aromatic carbocycles. The van der Waals surface area contributed by atoms with Crippen molar-refractivity contribution < 1.29 is 9.53 Å². The van der Waals surface area contributed by atoms with Crippen LogP contribution in [0.15, 0.2) is 58.5 Å². The van der Waals surface area contributed by atoms with Crippen molar-refractivity contribution >= 4 is 28.6 Å². The van der Waals surface area contributed by atoms with Crippen LogP contribution in [0.25, 0.3) is 10.9 Å². The van der Waals surface area contributed by atoms with Crippen LogP contribution in [0.3, 0.4) is 0 Å². The molecular weight excluding hydrogens is 410 g/mol. The van der Waals surface area contributed by atoms with Crippen LogP contribution in [0.4, 0.5) is 0 Å². The first-order chi connectivity index (χ1) is 15.0. The van der Waals surface area contributed by atoms with E-state index in [9.17, 15) is 9.59 Å². The number of methoxy groups -OCH3 is 1. The van der Waals surface area contributed by atoms with Crippen molar-refractivity contribution in [2.45, 2.75) is 43.3 Å². The Bertz CT molecular complexity index is 1160. The number of benzene rings is 2. The molecule has 4 rings (SSSR count). The van der Waals surface area contributed by atoms with Gasteiger partial charge in [-0.2, -0.15) is 0 Å². The molecule has 0 bridgehead atoms. The van der Waals surface area contributed by atoms with E-state index >= 15 is 0 Å². The normalized spacial score (nSPS) is 15.5. The van der Waals surface area contributed by atoms with Crippen LogP contribution in [0.2, 0.25) is 0 Å². The van der Waals surface area contributed by atoms with Crippen molar-refractivity contribution in [1.82, 2.24) is 14.5 Å². The van der Waals surface area contributed by atoms with E-state index < -0.39 is 0 Å².